The molecule has 0 aliphatic heterocycles. The summed E-state index contributed by atoms with van der Waals surface area (Å²) in [6, 6.07) is 14.4. The smallest absolute Gasteiger partial charge is 0.416 e. The molecule has 184 valence electrons. The van der Waals surface area contributed by atoms with Crippen LogP contribution in [0.3, 0.4) is 0 Å². The fourth-order valence-corrected chi connectivity index (χ4v) is 5.67. The second-order valence-corrected chi connectivity index (χ2v) is 11.0. The van der Waals surface area contributed by atoms with Crippen LogP contribution in [0, 0.1) is 14.1 Å². The number of aryl methyl sites for hydroxylation is 1. The van der Waals surface area contributed by atoms with Crippen molar-refractivity contribution < 1.29 is 61.6 Å². The van der Waals surface area contributed by atoms with Crippen LogP contribution in [0.1, 0.15) is 11.1 Å². The summed E-state index contributed by atoms with van der Waals surface area (Å²) in [5, 5.41) is 0. The average molecular weight is 610 g/mol. The number of benzene rings is 3. The summed E-state index contributed by atoms with van der Waals surface area (Å²) >= 11 is -0.768. The molecule has 6 nitrogen and oxygen atoms in total. The van der Waals surface area contributed by atoms with Gasteiger partial charge in [0.1, 0.15) is 15.9 Å². The maximum Gasteiger partial charge on any atom is 0.416 e. The number of methoxy groups -OCH3 is 3. The average Bonchev–Trinajstić information content (AvgIpc) is 2.79. The van der Waals surface area contributed by atoms with Crippen molar-refractivity contribution in [3.05, 3.63) is 78.9 Å². The molecule has 0 N–H and O–H groups in total. The molecule has 0 bridgehead atoms. The van der Waals surface area contributed by atoms with E-state index in [9.17, 15) is 26.1 Å². The fourth-order valence-electron chi connectivity index (χ4n) is 2.57. The number of halogens is 4. The highest BCUT2D eigenvalue weighted by Crippen LogP contribution is 2.29. The minimum atomic E-state index is -4.33. The first-order valence-corrected chi connectivity index (χ1v) is 13.1. The highest BCUT2D eigenvalue weighted by Gasteiger charge is 2.32. The van der Waals surface area contributed by atoms with Crippen LogP contribution in [0.15, 0.2) is 65.6 Å². The molecular formula is C23H22F3IO6S. The first-order chi connectivity index (χ1) is 15.9. The summed E-state index contributed by atoms with van der Waals surface area (Å²) in [6.45, 7) is 1.82. The first-order valence-electron chi connectivity index (χ1n) is 9.53. The maximum atomic E-state index is 12.6. The summed E-state index contributed by atoms with van der Waals surface area (Å²) in [7, 11) is 0.343. The molecule has 0 saturated heterocycles. The van der Waals surface area contributed by atoms with Crippen LogP contribution < -0.4 is 35.4 Å². The standard InChI is InChI=1S/C16H15F3IO3.C7H8O3S/c1-21-12-8-13(22-2)15(14(9-12)23-3)20-11-6-4-10(5-7-11)16(17,18)19;1-6-2-4-7(5-3-6)11(8,9)10/h4-9H,1-3H3;2-5H,1H3,(H,8,9,10)/q+1;/p-1. The highest BCUT2D eigenvalue weighted by atomic mass is 127. The number of alkyl halides is 3. The van der Waals surface area contributed by atoms with Gasteiger partial charge in [-0.1, -0.05) is 17.7 Å². The lowest BCUT2D eigenvalue weighted by molar-refractivity contribution is -0.598. The van der Waals surface area contributed by atoms with Crippen molar-refractivity contribution in [1.29, 1.82) is 0 Å². The second kappa shape index (κ2) is 11.8. The van der Waals surface area contributed by atoms with Gasteiger partial charge in [-0.3, -0.25) is 0 Å². The first kappa shape index (κ1) is 27.7. The zero-order valence-electron chi connectivity index (χ0n) is 18.6. The molecule has 3 rings (SSSR count). The third kappa shape index (κ3) is 7.77. The van der Waals surface area contributed by atoms with E-state index >= 15 is 0 Å². The van der Waals surface area contributed by atoms with Crippen LogP contribution in [-0.4, -0.2) is 34.3 Å². The molecule has 34 heavy (non-hydrogen) atoms. The van der Waals surface area contributed by atoms with Crippen molar-refractivity contribution in [2.45, 2.75) is 18.0 Å². The number of hydrogen-bond donors (Lipinski definition) is 0. The van der Waals surface area contributed by atoms with Crippen molar-refractivity contribution >= 4 is 10.1 Å². The predicted molar refractivity (Wildman–Crippen MR) is 114 cm³/mol. The van der Waals surface area contributed by atoms with Gasteiger partial charge in [0.15, 0.2) is 15.1 Å². The zero-order valence-corrected chi connectivity index (χ0v) is 21.6. The van der Waals surface area contributed by atoms with Gasteiger partial charge >= 0.3 is 27.4 Å². The Morgan fingerprint density at radius 1 is 0.824 bits per heavy atom. The minimum Gasteiger partial charge on any atom is -0.744 e. The van der Waals surface area contributed by atoms with Crippen LogP contribution in [-0.2, 0) is 16.3 Å². The van der Waals surface area contributed by atoms with E-state index in [1.165, 1.54) is 38.5 Å². The topological polar surface area (TPSA) is 84.9 Å². The van der Waals surface area contributed by atoms with Gasteiger partial charge < -0.3 is 18.8 Å². The van der Waals surface area contributed by atoms with Gasteiger partial charge in [0.05, 0.1) is 31.8 Å². The summed E-state index contributed by atoms with van der Waals surface area (Å²) in [5.41, 5.74) is 0.274. The van der Waals surface area contributed by atoms with Gasteiger partial charge in [0.25, 0.3) is 3.57 Å². The Labute approximate surface area is 206 Å². The number of hydrogen-bond acceptors (Lipinski definition) is 6. The lowest BCUT2D eigenvalue weighted by atomic mass is 10.2. The van der Waals surface area contributed by atoms with E-state index in [4.69, 9.17) is 14.2 Å². The molecule has 0 aliphatic rings. The molecule has 0 spiro atoms. The predicted octanol–water partition coefficient (Wildman–Crippen LogP) is 1.76. The van der Waals surface area contributed by atoms with Gasteiger partial charge in [0.2, 0.25) is 0 Å². The summed E-state index contributed by atoms with van der Waals surface area (Å²) in [6.07, 6.45) is -4.33. The van der Waals surface area contributed by atoms with E-state index in [2.05, 4.69) is 0 Å². The molecule has 0 fully saturated rings. The molecule has 3 aromatic rings. The number of ether oxygens (including phenoxy) is 3. The number of rotatable bonds is 6. The molecule has 3 aromatic carbocycles. The van der Waals surface area contributed by atoms with Crippen LogP contribution in [0.4, 0.5) is 13.2 Å². The van der Waals surface area contributed by atoms with Gasteiger partial charge in [-0.05, 0) is 43.3 Å². The minimum absolute atomic E-state index is 0.178. The Balaban J connectivity index is 0.000000310. The van der Waals surface area contributed by atoms with Crippen molar-refractivity contribution in [2.75, 3.05) is 21.3 Å². The van der Waals surface area contributed by atoms with Crippen molar-refractivity contribution in [1.82, 2.24) is 0 Å². The lowest BCUT2D eigenvalue weighted by Crippen LogP contribution is -3.61. The second-order valence-electron chi connectivity index (χ2n) is 6.71. The molecule has 0 saturated carbocycles. The zero-order chi connectivity index (χ0) is 25.5. The maximum absolute atomic E-state index is 12.6. The van der Waals surface area contributed by atoms with E-state index in [1.807, 2.05) is 6.92 Å². The van der Waals surface area contributed by atoms with E-state index in [-0.39, 0.29) is 4.90 Å². The molecule has 0 aliphatic carbocycles. The Hall–Kier alpha value is -2.51. The quantitative estimate of drug-likeness (QED) is 0.313. The van der Waals surface area contributed by atoms with E-state index < -0.39 is 43.1 Å². The van der Waals surface area contributed by atoms with Crippen LogP contribution >= 0.6 is 0 Å². The molecule has 0 aromatic heterocycles. The Morgan fingerprint density at radius 3 is 1.71 bits per heavy atom. The molecule has 0 amide bonds. The van der Waals surface area contributed by atoms with Crippen molar-refractivity contribution in [2.24, 2.45) is 0 Å². The van der Waals surface area contributed by atoms with Gasteiger partial charge in [-0.2, -0.15) is 13.2 Å². The summed E-state index contributed by atoms with van der Waals surface area (Å²) in [5.74, 6) is 1.81. The Kier molecular flexibility index (Phi) is 9.59. The third-order valence-electron chi connectivity index (χ3n) is 4.34. The third-order valence-corrected chi connectivity index (χ3v) is 8.13. The fraction of sp³-hybridized carbons (Fsp3) is 0.217. The van der Waals surface area contributed by atoms with Crippen molar-refractivity contribution in [3.63, 3.8) is 0 Å². The summed E-state index contributed by atoms with van der Waals surface area (Å²) < 4.78 is 86.6. The van der Waals surface area contributed by atoms with E-state index in [0.717, 1.165) is 24.8 Å². The highest BCUT2D eigenvalue weighted by molar-refractivity contribution is 7.85. The normalized spacial score (nSPS) is 11.3. The van der Waals surface area contributed by atoms with E-state index in [0.29, 0.717) is 17.2 Å². The van der Waals surface area contributed by atoms with Crippen LogP contribution in [0.25, 0.3) is 0 Å². The monoisotopic (exact) mass is 610 g/mol. The summed E-state index contributed by atoms with van der Waals surface area (Å²) in [4.78, 5) is -0.178. The van der Waals surface area contributed by atoms with Gasteiger partial charge in [0, 0.05) is 12.1 Å². The molecule has 0 unspecified atom stereocenters. The van der Waals surface area contributed by atoms with Crippen LogP contribution in [0.2, 0.25) is 0 Å². The molecule has 0 radical (unpaired) electrons. The van der Waals surface area contributed by atoms with Crippen LogP contribution in [0.5, 0.6) is 17.2 Å². The van der Waals surface area contributed by atoms with E-state index in [1.54, 1.807) is 31.4 Å². The Bertz CT molecular complexity index is 1170. The molecular weight excluding hydrogens is 588 g/mol. The van der Waals surface area contributed by atoms with Crippen molar-refractivity contribution in [3.8, 4) is 17.2 Å². The SMILES string of the molecule is COc1cc(OC)c([I+]c2ccc(C(F)(F)F)cc2)c(OC)c1.Cc1ccc(S(=O)(=O)[O-])cc1. The lowest BCUT2D eigenvalue weighted by Gasteiger charge is -2.08. The molecule has 0 atom stereocenters. The molecule has 11 heteroatoms. The van der Waals surface area contributed by atoms with Gasteiger partial charge in [-0.25, -0.2) is 8.42 Å². The van der Waals surface area contributed by atoms with Gasteiger partial charge in [-0.15, -0.1) is 0 Å². The molecule has 0 heterocycles. The largest absolute Gasteiger partial charge is 0.744 e. The Morgan fingerprint density at radius 2 is 1.32 bits per heavy atom.